The van der Waals surface area contributed by atoms with Crippen LogP contribution < -0.4 is 9.62 Å². The minimum absolute atomic E-state index is 0.0525. The number of nitrogens with zero attached hydrogens (tertiary/aromatic N) is 5. The highest BCUT2D eigenvalue weighted by molar-refractivity contribution is 7.91. The molecule has 36 heavy (non-hydrogen) atoms. The molecule has 2 N–H and O–H groups in total. The summed E-state index contributed by atoms with van der Waals surface area (Å²) < 4.78 is 25.4. The zero-order chi connectivity index (χ0) is 25.9. The highest BCUT2D eigenvalue weighted by atomic mass is 32.2. The number of amides is 1. The number of rotatable bonds is 6. The summed E-state index contributed by atoms with van der Waals surface area (Å²) in [5, 5.41) is 17.9. The van der Waals surface area contributed by atoms with Crippen LogP contribution in [0.15, 0.2) is 54.9 Å². The number of hydrogen-bond acceptors (Lipinski definition) is 9. The average Bonchev–Trinajstić information content (AvgIpc) is 2.84. The molecule has 1 saturated heterocycles. The maximum atomic E-state index is 12.3. The molecule has 1 fully saturated rings. The Kier molecular flexibility index (Phi) is 7.23. The van der Waals surface area contributed by atoms with E-state index in [2.05, 4.69) is 35.8 Å². The second-order valence-electron chi connectivity index (χ2n) is 9.68. The molecule has 2 aromatic heterocycles. The van der Waals surface area contributed by atoms with Crippen LogP contribution in [-0.2, 0) is 16.6 Å². The second kappa shape index (κ2) is 10.2. The Morgan fingerprint density at radius 3 is 2.39 bits per heavy atom. The molecule has 0 radical (unpaired) electrons. The van der Waals surface area contributed by atoms with E-state index in [1.54, 1.807) is 18.3 Å². The average molecular weight is 511 g/mol. The van der Waals surface area contributed by atoms with E-state index >= 15 is 0 Å². The lowest BCUT2D eigenvalue weighted by molar-refractivity contribution is 0.0974. The van der Waals surface area contributed by atoms with Crippen molar-refractivity contribution < 1.29 is 18.3 Å². The molecule has 4 rings (SSSR count). The van der Waals surface area contributed by atoms with Gasteiger partial charge >= 0.3 is 0 Å². The third-order valence-corrected chi connectivity index (χ3v) is 8.13. The minimum atomic E-state index is -3.83. The van der Waals surface area contributed by atoms with Gasteiger partial charge in [0, 0.05) is 44.5 Å². The number of sulfonamides is 1. The largest absolute Gasteiger partial charge is 0.506 e. The highest BCUT2D eigenvalue weighted by Crippen LogP contribution is 2.27. The maximum absolute atomic E-state index is 12.3. The molecule has 0 aliphatic carbocycles. The quantitative estimate of drug-likeness (QED) is 0.514. The molecule has 0 unspecified atom stereocenters. The molecule has 3 aromatic rings. The van der Waals surface area contributed by atoms with Crippen LogP contribution >= 0.6 is 0 Å². The molecule has 0 bridgehead atoms. The summed E-state index contributed by atoms with van der Waals surface area (Å²) in [5.41, 5.74) is 3.01. The van der Waals surface area contributed by atoms with Gasteiger partial charge in [-0.2, -0.15) is 0 Å². The lowest BCUT2D eigenvalue weighted by atomic mass is 10.0. The highest BCUT2D eigenvalue weighted by Gasteiger charge is 2.31. The number of benzene rings is 1. The normalized spacial score (nSPS) is 15.0. The third-order valence-electron chi connectivity index (χ3n) is 6.06. The molecular weight excluding hydrogens is 480 g/mol. The van der Waals surface area contributed by atoms with Gasteiger partial charge < -0.3 is 10.0 Å². The van der Waals surface area contributed by atoms with E-state index in [4.69, 9.17) is 0 Å². The van der Waals surface area contributed by atoms with Gasteiger partial charge in [0.1, 0.15) is 5.75 Å². The number of pyridine rings is 1. The van der Waals surface area contributed by atoms with Crippen LogP contribution in [0.1, 0.15) is 36.8 Å². The summed E-state index contributed by atoms with van der Waals surface area (Å²) in [6, 6.07) is 13.0. The number of aromatic nitrogens is 3. The van der Waals surface area contributed by atoms with Gasteiger partial charge in [0.25, 0.3) is 5.91 Å². The predicted molar refractivity (Wildman–Crippen MR) is 137 cm³/mol. The molecule has 3 heterocycles. The summed E-state index contributed by atoms with van der Waals surface area (Å²) in [5.74, 6) is -0.0261. The van der Waals surface area contributed by atoms with Crippen molar-refractivity contribution in [3.05, 3.63) is 66.1 Å². The lowest BCUT2D eigenvalue weighted by Gasteiger charge is -2.35. The number of carbonyl (C=O) groups is 1. The Morgan fingerprint density at radius 2 is 1.75 bits per heavy atom. The zero-order valence-electron chi connectivity index (χ0n) is 20.5. The molecular formula is C25H30N6O4S. The van der Waals surface area contributed by atoms with Gasteiger partial charge in [-0.1, -0.05) is 24.3 Å². The molecule has 190 valence electrons. The molecule has 1 aliphatic rings. The van der Waals surface area contributed by atoms with E-state index in [1.807, 2.05) is 18.2 Å². The van der Waals surface area contributed by atoms with E-state index in [0.29, 0.717) is 5.82 Å². The van der Waals surface area contributed by atoms with Crippen LogP contribution in [0.25, 0.3) is 11.1 Å². The number of hydrogen-bond donors (Lipinski definition) is 2. The van der Waals surface area contributed by atoms with Crippen molar-refractivity contribution >= 4 is 21.7 Å². The Bertz CT molecular complexity index is 1330. The van der Waals surface area contributed by atoms with Gasteiger partial charge in [0.05, 0.1) is 10.9 Å². The number of aromatic hydroxyl groups is 1. The van der Waals surface area contributed by atoms with Gasteiger partial charge in [-0.25, -0.2) is 13.1 Å². The topological polar surface area (TPSA) is 129 Å². The summed E-state index contributed by atoms with van der Waals surface area (Å²) in [6.07, 6.45) is 3.17. The van der Waals surface area contributed by atoms with Gasteiger partial charge in [-0.3, -0.25) is 14.7 Å². The number of carbonyl (C=O) groups excluding carboxylic acids is 1. The molecule has 10 nitrogen and oxygen atoms in total. The van der Waals surface area contributed by atoms with Crippen LogP contribution in [0, 0.1) is 0 Å². The fraction of sp³-hybridized carbons (Fsp3) is 0.360. The third kappa shape index (κ3) is 5.80. The van der Waals surface area contributed by atoms with Crippen LogP contribution in [0.4, 0.5) is 5.82 Å². The molecule has 0 spiro atoms. The van der Waals surface area contributed by atoms with Crippen molar-refractivity contribution in [2.45, 2.75) is 32.1 Å². The van der Waals surface area contributed by atoms with E-state index < -0.39 is 20.7 Å². The van der Waals surface area contributed by atoms with Crippen molar-refractivity contribution in [1.82, 2.24) is 24.8 Å². The Labute approximate surface area is 211 Å². The van der Waals surface area contributed by atoms with Crippen LogP contribution in [0.5, 0.6) is 5.75 Å². The smallest absolute Gasteiger partial charge is 0.285 e. The second-order valence-corrected chi connectivity index (χ2v) is 12.1. The van der Waals surface area contributed by atoms with Gasteiger partial charge in [0.15, 0.2) is 11.5 Å². The fourth-order valence-electron chi connectivity index (χ4n) is 3.83. The zero-order valence-corrected chi connectivity index (χ0v) is 21.4. The first-order chi connectivity index (χ1) is 17.0. The SMILES string of the molecule is CC(C)(C)S(=O)(=O)NC(=O)c1ccc(N2CCN(Cc3ccccc3-c3cncc(O)c3)CC2)nn1. The van der Waals surface area contributed by atoms with Gasteiger partial charge in [0.2, 0.25) is 10.0 Å². The lowest BCUT2D eigenvalue weighted by Crippen LogP contribution is -2.46. The minimum Gasteiger partial charge on any atom is -0.506 e. The van der Waals surface area contributed by atoms with E-state index in [0.717, 1.165) is 49.4 Å². The molecule has 11 heteroatoms. The van der Waals surface area contributed by atoms with Crippen molar-refractivity contribution in [1.29, 1.82) is 0 Å². The van der Waals surface area contributed by atoms with E-state index in [9.17, 15) is 18.3 Å². The van der Waals surface area contributed by atoms with Crippen molar-refractivity contribution in [2.24, 2.45) is 0 Å². The van der Waals surface area contributed by atoms with Gasteiger partial charge in [-0.15, -0.1) is 10.2 Å². The van der Waals surface area contributed by atoms with E-state index in [1.165, 1.54) is 33.0 Å². The maximum Gasteiger partial charge on any atom is 0.285 e. The van der Waals surface area contributed by atoms with Crippen molar-refractivity contribution in [3.63, 3.8) is 0 Å². The predicted octanol–water partition coefficient (Wildman–Crippen LogP) is 2.42. The van der Waals surface area contributed by atoms with Crippen molar-refractivity contribution in [3.8, 4) is 16.9 Å². The number of nitrogens with one attached hydrogen (secondary N) is 1. The number of anilines is 1. The summed E-state index contributed by atoms with van der Waals surface area (Å²) >= 11 is 0. The first-order valence-electron chi connectivity index (χ1n) is 11.6. The summed E-state index contributed by atoms with van der Waals surface area (Å²) in [6.45, 7) is 8.37. The molecule has 1 aromatic carbocycles. The van der Waals surface area contributed by atoms with Crippen LogP contribution in [-0.4, -0.2) is 70.4 Å². The van der Waals surface area contributed by atoms with Crippen LogP contribution in [0.3, 0.4) is 0 Å². The Hall–Kier alpha value is -3.57. The molecule has 1 aliphatic heterocycles. The summed E-state index contributed by atoms with van der Waals surface area (Å²) in [4.78, 5) is 20.9. The summed E-state index contributed by atoms with van der Waals surface area (Å²) in [7, 11) is -3.83. The van der Waals surface area contributed by atoms with Crippen molar-refractivity contribution in [2.75, 3.05) is 31.1 Å². The molecule has 0 atom stereocenters. The Balaban J connectivity index is 1.37. The number of piperazine rings is 1. The monoisotopic (exact) mass is 510 g/mol. The molecule has 0 saturated carbocycles. The fourth-order valence-corrected chi connectivity index (χ4v) is 4.49. The Morgan fingerprint density at radius 1 is 1.03 bits per heavy atom. The first-order valence-corrected chi connectivity index (χ1v) is 13.1. The first kappa shape index (κ1) is 25.5. The van der Waals surface area contributed by atoms with Gasteiger partial charge in [-0.05, 0) is 50.1 Å². The van der Waals surface area contributed by atoms with Crippen LogP contribution in [0.2, 0.25) is 0 Å². The van der Waals surface area contributed by atoms with E-state index in [-0.39, 0.29) is 11.4 Å². The standard InChI is InChI=1S/C25H30N6O4S/c1-25(2,3)36(34,35)29-24(33)22-8-9-23(28-27-22)31-12-10-30(11-13-31)17-18-6-4-5-7-21(18)19-14-20(32)16-26-15-19/h4-9,14-16,32H,10-13,17H2,1-3H3,(H,29,33). The molecule has 1 amide bonds.